The van der Waals surface area contributed by atoms with Crippen molar-refractivity contribution in [2.24, 2.45) is 0 Å². The lowest BCUT2D eigenvalue weighted by atomic mass is 10.1. The number of carbonyl (C=O) groups excluding carboxylic acids is 1. The largest absolute Gasteiger partial charge is 0.455 e. The van der Waals surface area contributed by atoms with Gasteiger partial charge in [0.2, 0.25) is 0 Å². The minimum atomic E-state index is -0.653. The van der Waals surface area contributed by atoms with Crippen molar-refractivity contribution >= 4 is 5.97 Å². The van der Waals surface area contributed by atoms with E-state index in [-0.39, 0.29) is 18.0 Å². The van der Waals surface area contributed by atoms with Crippen molar-refractivity contribution in [3.05, 3.63) is 76.2 Å². The van der Waals surface area contributed by atoms with E-state index in [1.165, 1.54) is 18.2 Å². The van der Waals surface area contributed by atoms with E-state index in [1.54, 1.807) is 18.2 Å². The number of benzene rings is 1. The van der Waals surface area contributed by atoms with Crippen molar-refractivity contribution in [1.29, 1.82) is 0 Å². The Morgan fingerprint density at radius 2 is 1.96 bits per heavy atom. The summed E-state index contributed by atoms with van der Waals surface area (Å²) in [6.45, 7) is -0.108. The molecule has 0 spiro atoms. The molecule has 7 heteroatoms. The first-order chi connectivity index (χ1) is 11.1. The third-order valence-corrected chi connectivity index (χ3v) is 2.98. The summed E-state index contributed by atoms with van der Waals surface area (Å²) < 4.78 is 27.6. The van der Waals surface area contributed by atoms with E-state index in [0.717, 1.165) is 12.3 Å². The van der Waals surface area contributed by atoms with Crippen molar-refractivity contribution in [3.8, 4) is 11.3 Å². The number of carbonyl (C=O) groups is 1. The van der Waals surface area contributed by atoms with Crippen molar-refractivity contribution in [2.75, 3.05) is 0 Å². The highest BCUT2D eigenvalue weighted by Crippen LogP contribution is 2.21. The van der Waals surface area contributed by atoms with Gasteiger partial charge < -0.3 is 13.7 Å². The summed E-state index contributed by atoms with van der Waals surface area (Å²) in [6, 6.07) is 9.74. The van der Waals surface area contributed by atoms with Crippen LogP contribution in [0.1, 0.15) is 16.1 Å². The predicted octanol–water partition coefficient (Wildman–Crippen LogP) is 2.79. The second-order valence-electron chi connectivity index (χ2n) is 4.61. The molecule has 0 N–H and O–H groups in total. The van der Waals surface area contributed by atoms with Gasteiger partial charge in [0.1, 0.15) is 24.4 Å². The maximum atomic E-state index is 12.9. The summed E-state index contributed by atoms with van der Waals surface area (Å²) >= 11 is 0. The van der Waals surface area contributed by atoms with Crippen LogP contribution in [0.25, 0.3) is 11.3 Å². The summed E-state index contributed by atoms with van der Waals surface area (Å²) in [6.07, 6.45) is 1.03. The van der Waals surface area contributed by atoms with Gasteiger partial charge in [-0.25, -0.2) is 14.0 Å². The van der Waals surface area contributed by atoms with Crippen molar-refractivity contribution in [1.82, 2.24) is 5.16 Å². The number of hydrogen-bond donors (Lipinski definition) is 0. The van der Waals surface area contributed by atoms with E-state index < -0.39 is 11.6 Å². The molecule has 0 atom stereocenters. The van der Waals surface area contributed by atoms with Crippen LogP contribution in [0.15, 0.2) is 62.5 Å². The smallest absolute Gasteiger partial charge is 0.341 e. The van der Waals surface area contributed by atoms with Crippen LogP contribution < -0.4 is 5.63 Å². The van der Waals surface area contributed by atoms with Crippen LogP contribution in [0.2, 0.25) is 0 Å². The van der Waals surface area contributed by atoms with Gasteiger partial charge in [-0.3, -0.25) is 0 Å². The first kappa shape index (κ1) is 14.7. The van der Waals surface area contributed by atoms with Crippen LogP contribution in [-0.4, -0.2) is 11.1 Å². The van der Waals surface area contributed by atoms with E-state index >= 15 is 0 Å². The van der Waals surface area contributed by atoms with Gasteiger partial charge in [-0.2, -0.15) is 0 Å². The van der Waals surface area contributed by atoms with Gasteiger partial charge in [0.05, 0.1) is 5.56 Å². The topological polar surface area (TPSA) is 82.5 Å². The zero-order chi connectivity index (χ0) is 16.2. The van der Waals surface area contributed by atoms with Gasteiger partial charge in [-0.1, -0.05) is 5.16 Å². The molecule has 2 aromatic heterocycles. The quantitative estimate of drug-likeness (QED) is 0.688. The second kappa shape index (κ2) is 6.27. The summed E-state index contributed by atoms with van der Waals surface area (Å²) in [5.41, 5.74) is 0.616. The molecule has 23 heavy (non-hydrogen) atoms. The highest BCUT2D eigenvalue weighted by molar-refractivity contribution is 5.88. The van der Waals surface area contributed by atoms with Crippen LogP contribution in [0.5, 0.6) is 0 Å². The van der Waals surface area contributed by atoms with Crippen LogP contribution in [0.3, 0.4) is 0 Å². The molecule has 0 aliphatic carbocycles. The fourth-order valence-electron chi connectivity index (χ4n) is 1.83. The monoisotopic (exact) mass is 315 g/mol. The van der Waals surface area contributed by atoms with E-state index in [0.29, 0.717) is 17.0 Å². The molecule has 0 saturated heterocycles. The number of halogens is 1. The molecule has 1 aromatic carbocycles. The first-order valence-electron chi connectivity index (χ1n) is 6.59. The minimum absolute atomic E-state index is 0.108. The Labute approximate surface area is 129 Å². The molecule has 3 aromatic rings. The van der Waals surface area contributed by atoms with Crippen molar-refractivity contribution in [3.63, 3.8) is 0 Å². The zero-order valence-electron chi connectivity index (χ0n) is 11.7. The highest BCUT2D eigenvalue weighted by Gasteiger charge is 2.11. The van der Waals surface area contributed by atoms with Gasteiger partial charge in [-0.15, -0.1) is 0 Å². The molecule has 0 aliphatic heterocycles. The standard InChI is InChI=1S/C16H10FNO5/c17-12-4-1-10(2-5-12)14-7-13(18-23-14)9-22-16(20)11-3-6-15(19)21-8-11/h1-8H,9H2. The van der Waals surface area contributed by atoms with Crippen LogP contribution in [-0.2, 0) is 11.3 Å². The average molecular weight is 315 g/mol. The molecule has 0 aliphatic rings. The normalized spacial score (nSPS) is 10.5. The van der Waals surface area contributed by atoms with Gasteiger partial charge in [0.25, 0.3) is 0 Å². The molecule has 6 nitrogen and oxygen atoms in total. The lowest BCUT2D eigenvalue weighted by Crippen LogP contribution is -2.07. The third kappa shape index (κ3) is 3.52. The Hall–Kier alpha value is -3.22. The molecule has 0 saturated carbocycles. The van der Waals surface area contributed by atoms with E-state index in [2.05, 4.69) is 9.57 Å². The van der Waals surface area contributed by atoms with Crippen LogP contribution in [0, 0.1) is 5.82 Å². The average Bonchev–Trinajstić information content (AvgIpc) is 3.03. The molecule has 0 fully saturated rings. The van der Waals surface area contributed by atoms with Gasteiger partial charge >= 0.3 is 11.6 Å². The number of hydrogen-bond acceptors (Lipinski definition) is 6. The molecule has 0 radical (unpaired) electrons. The van der Waals surface area contributed by atoms with Gasteiger partial charge in [0.15, 0.2) is 5.76 Å². The van der Waals surface area contributed by atoms with E-state index in [1.807, 2.05) is 0 Å². The molecular weight excluding hydrogens is 305 g/mol. The molecule has 2 heterocycles. The molecule has 3 rings (SSSR count). The Morgan fingerprint density at radius 1 is 1.17 bits per heavy atom. The Kier molecular flexibility index (Phi) is 4.01. The van der Waals surface area contributed by atoms with Crippen LogP contribution >= 0.6 is 0 Å². The fraction of sp³-hybridized carbons (Fsp3) is 0.0625. The lowest BCUT2D eigenvalue weighted by Gasteiger charge is -2.00. The predicted molar refractivity (Wildman–Crippen MR) is 76.0 cm³/mol. The number of ether oxygens (including phenoxy) is 1. The van der Waals surface area contributed by atoms with Crippen molar-refractivity contribution < 1.29 is 22.9 Å². The van der Waals surface area contributed by atoms with E-state index in [9.17, 15) is 14.0 Å². The zero-order valence-corrected chi connectivity index (χ0v) is 11.7. The first-order valence-corrected chi connectivity index (χ1v) is 6.59. The second-order valence-corrected chi connectivity index (χ2v) is 4.61. The molecular formula is C16H10FNO5. The lowest BCUT2D eigenvalue weighted by molar-refractivity contribution is 0.0461. The number of nitrogens with zero attached hydrogens (tertiary/aromatic N) is 1. The molecule has 0 amide bonds. The van der Waals surface area contributed by atoms with Gasteiger partial charge in [-0.05, 0) is 30.3 Å². The van der Waals surface area contributed by atoms with E-state index in [4.69, 9.17) is 9.26 Å². The Bertz CT molecular complexity index is 861. The molecule has 116 valence electrons. The summed E-state index contributed by atoms with van der Waals surface area (Å²) in [4.78, 5) is 22.6. The SMILES string of the molecule is O=C(OCc1cc(-c2ccc(F)cc2)on1)c1ccc(=O)oc1. The van der Waals surface area contributed by atoms with Gasteiger partial charge in [0, 0.05) is 17.7 Å². The number of rotatable bonds is 4. The number of esters is 1. The van der Waals surface area contributed by atoms with Crippen molar-refractivity contribution in [2.45, 2.75) is 6.61 Å². The molecule has 0 bridgehead atoms. The highest BCUT2D eigenvalue weighted by atomic mass is 19.1. The summed E-state index contributed by atoms with van der Waals surface area (Å²) in [7, 11) is 0. The maximum Gasteiger partial charge on any atom is 0.341 e. The summed E-state index contributed by atoms with van der Waals surface area (Å²) in [5, 5.41) is 3.78. The number of aromatic nitrogens is 1. The fourth-order valence-corrected chi connectivity index (χ4v) is 1.83. The molecule has 0 unspecified atom stereocenters. The minimum Gasteiger partial charge on any atom is -0.455 e. The third-order valence-electron chi connectivity index (χ3n) is 2.98. The maximum absolute atomic E-state index is 12.9. The Balaban J connectivity index is 1.65. The Morgan fingerprint density at radius 3 is 2.65 bits per heavy atom. The summed E-state index contributed by atoms with van der Waals surface area (Å²) in [5.74, 6) is -0.571. The van der Waals surface area contributed by atoms with Crippen LogP contribution in [0.4, 0.5) is 4.39 Å².